The molecule has 0 N–H and O–H groups in total. The van der Waals surface area contributed by atoms with Gasteiger partial charge in [-0.3, -0.25) is 0 Å². The van der Waals surface area contributed by atoms with Crippen molar-refractivity contribution >= 4 is 45.0 Å². The number of hydrogen-bond acceptors (Lipinski definition) is 2. The Labute approximate surface area is 102 Å². The number of halogens is 2. The molecule has 0 aliphatic heterocycles. The van der Waals surface area contributed by atoms with Gasteiger partial charge in [-0.25, -0.2) is 9.97 Å². The van der Waals surface area contributed by atoms with Crippen LogP contribution in [-0.2, 0) is 0 Å². The Hall–Kier alpha value is -1.38. The lowest BCUT2D eigenvalue weighted by atomic mass is 10.1. The molecule has 0 amide bonds. The van der Waals surface area contributed by atoms with Crippen molar-refractivity contribution in [3.63, 3.8) is 0 Å². The zero-order valence-corrected chi connectivity index (χ0v) is 9.63. The summed E-state index contributed by atoms with van der Waals surface area (Å²) in [5.74, 6) is 0. The fourth-order valence-corrected chi connectivity index (χ4v) is 2.09. The van der Waals surface area contributed by atoms with Gasteiger partial charge in [0.15, 0.2) is 5.65 Å². The van der Waals surface area contributed by atoms with Crippen LogP contribution in [0.15, 0.2) is 36.7 Å². The quantitative estimate of drug-likeness (QED) is 0.561. The second kappa shape index (κ2) is 3.58. The molecule has 0 fully saturated rings. The molecule has 0 aliphatic rings. The molecule has 2 heterocycles. The first kappa shape index (κ1) is 9.82. The molecule has 0 spiro atoms. The molecular weight excluding hydrogens is 243 g/mol. The summed E-state index contributed by atoms with van der Waals surface area (Å²) < 4.78 is 0. The minimum absolute atomic E-state index is 0.608. The van der Waals surface area contributed by atoms with E-state index in [0.717, 1.165) is 16.2 Å². The third kappa shape index (κ3) is 1.51. The van der Waals surface area contributed by atoms with Crippen LogP contribution in [-0.4, -0.2) is 9.97 Å². The molecule has 0 aliphatic carbocycles. The second-order valence-electron chi connectivity index (χ2n) is 3.51. The van der Waals surface area contributed by atoms with Crippen LogP contribution in [0.1, 0.15) is 0 Å². The average Bonchev–Trinajstić information content (AvgIpc) is 2.28. The van der Waals surface area contributed by atoms with Crippen molar-refractivity contribution in [3.8, 4) is 0 Å². The predicted molar refractivity (Wildman–Crippen MR) is 67.1 cm³/mol. The third-order valence-electron chi connectivity index (χ3n) is 2.46. The van der Waals surface area contributed by atoms with Crippen LogP contribution < -0.4 is 0 Å². The van der Waals surface area contributed by atoms with Crippen LogP contribution >= 0.6 is 23.2 Å². The molecule has 78 valence electrons. The van der Waals surface area contributed by atoms with E-state index in [1.165, 1.54) is 0 Å². The Morgan fingerprint density at radius 2 is 1.62 bits per heavy atom. The van der Waals surface area contributed by atoms with Crippen molar-refractivity contribution in [1.29, 1.82) is 0 Å². The van der Waals surface area contributed by atoms with E-state index in [4.69, 9.17) is 23.2 Å². The number of rotatable bonds is 0. The van der Waals surface area contributed by atoms with Gasteiger partial charge in [0, 0.05) is 28.2 Å². The summed E-state index contributed by atoms with van der Waals surface area (Å²) in [4.78, 5) is 8.44. The summed E-state index contributed by atoms with van der Waals surface area (Å²) in [6.07, 6.45) is 3.36. The summed E-state index contributed by atoms with van der Waals surface area (Å²) in [7, 11) is 0. The van der Waals surface area contributed by atoms with Crippen molar-refractivity contribution in [2.45, 2.75) is 0 Å². The number of benzene rings is 1. The fourth-order valence-electron chi connectivity index (χ4n) is 1.75. The highest BCUT2D eigenvalue weighted by Gasteiger charge is 2.03. The lowest BCUT2D eigenvalue weighted by molar-refractivity contribution is 1.30. The molecular formula is C12H6Cl2N2. The van der Waals surface area contributed by atoms with Crippen molar-refractivity contribution in [2.75, 3.05) is 0 Å². The van der Waals surface area contributed by atoms with E-state index in [-0.39, 0.29) is 0 Å². The number of hydrogen-bond donors (Lipinski definition) is 0. The highest BCUT2D eigenvalue weighted by atomic mass is 35.5. The highest BCUT2D eigenvalue weighted by molar-refractivity contribution is 6.32. The SMILES string of the molecule is Clc1ccc2c(cnc3ncc(Cl)cc32)c1. The number of aromatic nitrogens is 2. The molecule has 0 saturated carbocycles. The van der Waals surface area contributed by atoms with E-state index in [0.29, 0.717) is 15.7 Å². The molecule has 1 aromatic carbocycles. The van der Waals surface area contributed by atoms with Gasteiger partial charge >= 0.3 is 0 Å². The number of fused-ring (bicyclic) bond motifs is 3. The number of nitrogens with zero attached hydrogens (tertiary/aromatic N) is 2. The Bertz CT molecular complexity index is 695. The van der Waals surface area contributed by atoms with Gasteiger partial charge in [0.05, 0.1) is 5.02 Å². The summed E-state index contributed by atoms with van der Waals surface area (Å²) in [5, 5.41) is 4.30. The Kier molecular flexibility index (Phi) is 2.20. The topological polar surface area (TPSA) is 25.8 Å². The molecule has 0 radical (unpaired) electrons. The average molecular weight is 249 g/mol. The maximum absolute atomic E-state index is 5.93. The van der Waals surface area contributed by atoms with Gasteiger partial charge in [0.1, 0.15) is 0 Å². The van der Waals surface area contributed by atoms with E-state index in [1.807, 2.05) is 24.3 Å². The van der Waals surface area contributed by atoms with Crippen molar-refractivity contribution in [1.82, 2.24) is 9.97 Å². The van der Waals surface area contributed by atoms with Crippen LogP contribution in [0.4, 0.5) is 0 Å². The summed E-state index contributed by atoms with van der Waals surface area (Å²) in [6, 6.07) is 7.56. The van der Waals surface area contributed by atoms with Gasteiger partial charge < -0.3 is 0 Å². The Morgan fingerprint density at radius 3 is 2.50 bits per heavy atom. The first-order valence-corrected chi connectivity index (χ1v) is 5.49. The maximum atomic E-state index is 5.93. The smallest absolute Gasteiger partial charge is 0.159 e. The summed E-state index contributed by atoms with van der Waals surface area (Å²) in [6.45, 7) is 0. The zero-order valence-electron chi connectivity index (χ0n) is 8.11. The summed E-state index contributed by atoms with van der Waals surface area (Å²) >= 11 is 11.9. The predicted octanol–water partition coefficient (Wildman–Crippen LogP) is 4.09. The summed E-state index contributed by atoms with van der Waals surface area (Å²) in [5.41, 5.74) is 0.694. The van der Waals surface area contributed by atoms with Gasteiger partial charge in [-0.15, -0.1) is 0 Å². The Morgan fingerprint density at radius 1 is 0.812 bits per heavy atom. The molecule has 4 heteroatoms. The molecule has 16 heavy (non-hydrogen) atoms. The van der Waals surface area contributed by atoms with Crippen LogP contribution in [0, 0.1) is 0 Å². The van der Waals surface area contributed by atoms with Gasteiger partial charge in [0.25, 0.3) is 0 Å². The first-order chi connectivity index (χ1) is 7.74. The molecule has 3 rings (SSSR count). The zero-order chi connectivity index (χ0) is 11.1. The largest absolute Gasteiger partial charge is 0.236 e. The van der Waals surface area contributed by atoms with Crippen molar-refractivity contribution in [3.05, 3.63) is 46.7 Å². The van der Waals surface area contributed by atoms with Gasteiger partial charge in [-0.2, -0.15) is 0 Å². The molecule has 0 atom stereocenters. The molecule has 0 saturated heterocycles. The standard InChI is InChI=1S/C12H6Cl2N2/c13-8-1-2-10-7(3-8)5-15-12-11(10)4-9(14)6-16-12/h1-6H. The van der Waals surface area contributed by atoms with Crippen LogP contribution in [0.5, 0.6) is 0 Å². The van der Waals surface area contributed by atoms with Crippen LogP contribution in [0.2, 0.25) is 10.0 Å². The van der Waals surface area contributed by atoms with E-state index in [2.05, 4.69) is 9.97 Å². The van der Waals surface area contributed by atoms with E-state index >= 15 is 0 Å². The van der Waals surface area contributed by atoms with E-state index in [1.54, 1.807) is 12.4 Å². The van der Waals surface area contributed by atoms with Gasteiger partial charge in [-0.1, -0.05) is 29.3 Å². The minimum atomic E-state index is 0.608. The third-order valence-corrected chi connectivity index (χ3v) is 2.90. The first-order valence-electron chi connectivity index (χ1n) is 4.73. The maximum Gasteiger partial charge on any atom is 0.159 e. The normalized spacial score (nSPS) is 11.1. The lowest BCUT2D eigenvalue weighted by Gasteiger charge is -2.03. The molecule has 0 bridgehead atoms. The second-order valence-corrected chi connectivity index (χ2v) is 4.39. The molecule has 0 unspecified atom stereocenters. The lowest BCUT2D eigenvalue weighted by Crippen LogP contribution is -1.85. The van der Waals surface area contributed by atoms with Gasteiger partial charge in [-0.05, 0) is 23.6 Å². The molecule has 2 aromatic heterocycles. The molecule has 2 nitrogen and oxygen atoms in total. The van der Waals surface area contributed by atoms with E-state index in [9.17, 15) is 0 Å². The van der Waals surface area contributed by atoms with Crippen LogP contribution in [0.25, 0.3) is 21.8 Å². The highest BCUT2D eigenvalue weighted by Crippen LogP contribution is 2.26. The monoisotopic (exact) mass is 248 g/mol. The van der Waals surface area contributed by atoms with Crippen molar-refractivity contribution < 1.29 is 0 Å². The van der Waals surface area contributed by atoms with Crippen LogP contribution in [0.3, 0.4) is 0 Å². The Balaban J connectivity index is 2.52. The van der Waals surface area contributed by atoms with E-state index < -0.39 is 0 Å². The number of pyridine rings is 2. The van der Waals surface area contributed by atoms with Gasteiger partial charge in [0.2, 0.25) is 0 Å². The van der Waals surface area contributed by atoms with Crippen molar-refractivity contribution in [2.24, 2.45) is 0 Å². The fraction of sp³-hybridized carbons (Fsp3) is 0. The molecule has 3 aromatic rings. The minimum Gasteiger partial charge on any atom is -0.236 e.